The number of hydrogen-bond donors (Lipinski definition) is 2. The summed E-state index contributed by atoms with van der Waals surface area (Å²) in [5, 5.41) is 0.288. The predicted molar refractivity (Wildman–Crippen MR) is 76.5 cm³/mol. The Morgan fingerprint density at radius 2 is 2.22 bits per heavy atom. The number of nitrogens with one attached hydrogen (secondary N) is 1. The van der Waals surface area contributed by atoms with Crippen LogP contribution in [0.3, 0.4) is 0 Å². The maximum Gasteiger partial charge on any atom is 0.252 e. The molecule has 0 saturated heterocycles. The van der Waals surface area contributed by atoms with Crippen LogP contribution in [0.4, 0.5) is 5.13 Å². The summed E-state index contributed by atoms with van der Waals surface area (Å²) in [6.45, 7) is 2.14. The Morgan fingerprint density at radius 3 is 2.61 bits per heavy atom. The number of thioether (sulfide) groups is 1. The molecule has 0 aromatic carbocycles. The van der Waals surface area contributed by atoms with Crippen molar-refractivity contribution >= 4 is 38.3 Å². The van der Waals surface area contributed by atoms with E-state index in [1.807, 2.05) is 6.26 Å². The van der Waals surface area contributed by atoms with Crippen molar-refractivity contribution < 1.29 is 8.42 Å². The van der Waals surface area contributed by atoms with Gasteiger partial charge in [0.25, 0.3) is 10.0 Å². The van der Waals surface area contributed by atoms with Crippen molar-refractivity contribution in [2.45, 2.75) is 35.1 Å². The molecular weight excluding hydrogens is 290 g/mol. The highest BCUT2D eigenvalue weighted by Crippen LogP contribution is 2.42. The molecule has 1 heterocycles. The average Bonchev–Trinajstić information content (AvgIpc) is 2.57. The van der Waals surface area contributed by atoms with Gasteiger partial charge < -0.3 is 5.73 Å². The zero-order valence-corrected chi connectivity index (χ0v) is 12.8. The van der Waals surface area contributed by atoms with Gasteiger partial charge in [0.2, 0.25) is 0 Å². The van der Waals surface area contributed by atoms with E-state index >= 15 is 0 Å². The number of thiazole rings is 1. The molecule has 1 saturated carbocycles. The molecule has 1 aromatic rings. The topological polar surface area (TPSA) is 85.1 Å². The molecule has 0 aliphatic heterocycles. The Morgan fingerprint density at radius 1 is 1.56 bits per heavy atom. The van der Waals surface area contributed by atoms with E-state index in [0.29, 0.717) is 12.2 Å². The summed E-state index contributed by atoms with van der Waals surface area (Å²) in [7, 11) is -3.48. The van der Waals surface area contributed by atoms with Crippen LogP contribution >= 0.6 is 23.1 Å². The number of nitrogens with zero attached hydrogens (tertiary/aromatic N) is 1. The van der Waals surface area contributed by atoms with Gasteiger partial charge in [-0.2, -0.15) is 11.8 Å². The van der Waals surface area contributed by atoms with Crippen molar-refractivity contribution in [3.8, 4) is 0 Å². The fourth-order valence-electron chi connectivity index (χ4n) is 1.97. The molecule has 1 aliphatic carbocycles. The second kappa shape index (κ2) is 4.99. The first-order chi connectivity index (χ1) is 8.38. The molecule has 0 bridgehead atoms. The van der Waals surface area contributed by atoms with Gasteiger partial charge in [-0.3, -0.25) is 0 Å². The molecule has 0 radical (unpaired) electrons. The highest BCUT2D eigenvalue weighted by Gasteiger charge is 2.37. The molecular formula is C10H17N3O2S3. The molecule has 5 nitrogen and oxygen atoms in total. The molecule has 0 spiro atoms. The van der Waals surface area contributed by atoms with E-state index in [2.05, 4.69) is 9.71 Å². The van der Waals surface area contributed by atoms with E-state index in [1.54, 1.807) is 18.7 Å². The Bertz CT molecular complexity index is 529. The summed E-state index contributed by atoms with van der Waals surface area (Å²) in [4.78, 5) is 3.95. The number of aromatic nitrogens is 1. The monoisotopic (exact) mass is 307 g/mol. The minimum atomic E-state index is -3.48. The summed E-state index contributed by atoms with van der Waals surface area (Å²) in [6.07, 6.45) is 5.35. The van der Waals surface area contributed by atoms with E-state index in [1.165, 1.54) is 6.42 Å². The SMILES string of the molecule is CSC1(CNS(=O)(=O)c2sc(N)nc2C)CCC1. The lowest BCUT2D eigenvalue weighted by molar-refractivity contribution is 0.362. The molecule has 1 aromatic heterocycles. The van der Waals surface area contributed by atoms with Gasteiger partial charge in [-0.1, -0.05) is 17.8 Å². The van der Waals surface area contributed by atoms with E-state index in [9.17, 15) is 8.42 Å². The van der Waals surface area contributed by atoms with Crippen LogP contribution < -0.4 is 10.5 Å². The minimum Gasteiger partial charge on any atom is -0.375 e. The standard InChI is InChI=1S/C10H17N3O2S3/c1-7-8(17-9(11)13-7)18(14,15)12-6-10(16-2)4-3-5-10/h12H,3-6H2,1-2H3,(H2,11,13). The number of sulfonamides is 1. The molecule has 1 fully saturated rings. The second-order valence-corrected chi connectivity index (χ2v) is 8.76. The third-order valence-electron chi connectivity index (χ3n) is 3.30. The Hall–Kier alpha value is -0.310. The first kappa shape index (κ1) is 14.1. The molecule has 1 aliphatic rings. The summed E-state index contributed by atoms with van der Waals surface area (Å²) in [5.41, 5.74) is 6.00. The Kier molecular flexibility index (Phi) is 3.91. The van der Waals surface area contributed by atoms with Crippen molar-refractivity contribution in [1.29, 1.82) is 0 Å². The fourth-order valence-corrected chi connectivity index (χ4v) is 5.44. The van der Waals surface area contributed by atoms with Gasteiger partial charge in [0.1, 0.15) is 0 Å². The van der Waals surface area contributed by atoms with Gasteiger partial charge in [-0.25, -0.2) is 18.1 Å². The van der Waals surface area contributed by atoms with Crippen LogP contribution in [0.25, 0.3) is 0 Å². The van der Waals surface area contributed by atoms with E-state index in [0.717, 1.165) is 24.2 Å². The van der Waals surface area contributed by atoms with Crippen LogP contribution in [0.5, 0.6) is 0 Å². The van der Waals surface area contributed by atoms with Crippen molar-refractivity contribution in [3.05, 3.63) is 5.69 Å². The van der Waals surface area contributed by atoms with Crippen molar-refractivity contribution in [1.82, 2.24) is 9.71 Å². The molecule has 0 atom stereocenters. The number of hydrogen-bond acceptors (Lipinski definition) is 6. The third kappa shape index (κ3) is 2.66. The van der Waals surface area contributed by atoms with E-state index in [4.69, 9.17) is 5.73 Å². The lowest BCUT2D eigenvalue weighted by Crippen LogP contribution is -2.45. The minimum absolute atomic E-state index is 0.0806. The Balaban J connectivity index is 2.10. The number of nitrogens with two attached hydrogens (primary N) is 1. The first-order valence-corrected chi connectivity index (χ1v) is 9.19. The molecule has 3 N–H and O–H groups in total. The molecule has 18 heavy (non-hydrogen) atoms. The maximum absolute atomic E-state index is 12.2. The van der Waals surface area contributed by atoms with Crippen LogP contribution in [0, 0.1) is 6.92 Å². The number of anilines is 1. The molecule has 8 heteroatoms. The predicted octanol–water partition coefficient (Wildman–Crippen LogP) is 1.60. The van der Waals surface area contributed by atoms with Crippen LogP contribution in [-0.2, 0) is 10.0 Å². The highest BCUT2D eigenvalue weighted by atomic mass is 32.2. The van der Waals surface area contributed by atoms with Crippen molar-refractivity contribution in [2.24, 2.45) is 0 Å². The number of aryl methyl sites for hydroxylation is 1. The lowest BCUT2D eigenvalue weighted by atomic mass is 9.84. The lowest BCUT2D eigenvalue weighted by Gasteiger charge is -2.40. The third-order valence-corrected chi connectivity index (χ3v) is 7.71. The van der Waals surface area contributed by atoms with Crippen LogP contribution in [-0.4, -0.2) is 30.9 Å². The largest absolute Gasteiger partial charge is 0.375 e. The zero-order valence-electron chi connectivity index (χ0n) is 10.4. The summed E-state index contributed by atoms with van der Waals surface area (Å²) >= 11 is 2.75. The van der Waals surface area contributed by atoms with Crippen LogP contribution in [0.15, 0.2) is 4.21 Å². The van der Waals surface area contributed by atoms with Gasteiger partial charge >= 0.3 is 0 Å². The first-order valence-electron chi connectivity index (χ1n) is 5.66. The number of rotatable bonds is 5. The van der Waals surface area contributed by atoms with Crippen LogP contribution in [0.1, 0.15) is 25.0 Å². The average molecular weight is 307 g/mol. The second-order valence-electron chi connectivity index (χ2n) is 4.49. The number of nitrogen functional groups attached to an aromatic ring is 1. The quantitative estimate of drug-likeness (QED) is 0.863. The van der Waals surface area contributed by atoms with E-state index < -0.39 is 10.0 Å². The molecule has 2 rings (SSSR count). The van der Waals surface area contributed by atoms with Crippen molar-refractivity contribution in [2.75, 3.05) is 18.5 Å². The summed E-state index contributed by atoms with van der Waals surface area (Å²) in [6, 6.07) is 0. The molecule has 0 unspecified atom stereocenters. The molecule has 102 valence electrons. The van der Waals surface area contributed by atoms with Gasteiger partial charge in [0.05, 0.1) is 5.69 Å². The van der Waals surface area contributed by atoms with Crippen molar-refractivity contribution in [3.63, 3.8) is 0 Å². The maximum atomic E-state index is 12.2. The summed E-state index contributed by atoms with van der Waals surface area (Å²) < 4.78 is 27.3. The highest BCUT2D eigenvalue weighted by molar-refractivity contribution is 8.00. The van der Waals surface area contributed by atoms with Gasteiger partial charge in [-0.15, -0.1) is 0 Å². The Labute approximate surface area is 116 Å². The van der Waals surface area contributed by atoms with Gasteiger partial charge in [0.15, 0.2) is 9.34 Å². The smallest absolute Gasteiger partial charge is 0.252 e. The summed E-state index contributed by atoms with van der Waals surface area (Å²) in [5.74, 6) is 0. The normalized spacial score (nSPS) is 18.6. The van der Waals surface area contributed by atoms with Crippen LogP contribution in [0.2, 0.25) is 0 Å². The fraction of sp³-hybridized carbons (Fsp3) is 0.700. The van der Waals surface area contributed by atoms with E-state index in [-0.39, 0.29) is 14.1 Å². The van der Waals surface area contributed by atoms with Gasteiger partial charge in [-0.05, 0) is 26.0 Å². The zero-order chi connectivity index (χ0) is 13.4. The molecule has 0 amide bonds. The van der Waals surface area contributed by atoms with Gasteiger partial charge in [0, 0.05) is 11.3 Å².